The Morgan fingerprint density at radius 2 is 0.538 bits per heavy atom. The maximum absolute atomic E-state index is 14.4. The molecule has 386 valence electrons. The number of hydrogen-bond donors (Lipinski definition) is 0. The van der Waals surface area contributed by atoms with Crippen molar-refractivity contribution in [3.8, 4) is 0 Å². The van der Waals surface area contributed by atoms with Crippen molar-refractivity contribution in [3.05, 3.63) is 32.9 Å². The number of aryl methyl sites for hydroxylation is 2. The third kappa shape index (κ3) is 9.34. The van der Waals surface area contributed by atoms with Crippen LogP contribution in [0.25, 0.3) is 0 Å². The fourth-order valence-electron chi connectivity index (χ4n) is 4.87. The van der Waals surface area contributed by atoms with Crippen molar-refractivity contribution in [1.29, 1.82) is 0 Å². The van der Waals surface area contributed by atoms with Gasteiger partial charge in [0.25, 0.3) is 0 Å². The first kappa shape index (κ1) is 61.2. The predicted molar refractivity (Wildman–Crippen MR) is 158 cm³/mol. The Balaban J connectivity index is 3.53. The molecule has 0 aliphatic rings. The van der Waals surface area contributed by atoms with Crippen molar-refractivity contribution in [3.63, 3.8) is 0 Å². The summed E-state index contributed by atoms with van der Waals surface area (Å²) in [5.74, 6) is -118. The molecular formula is C28H15Cl2F34I. The van der Waals surface area contributed by atoms with Gasteiger partial charge in [-0.1, -0.05) is 0 Å². The van der Waals surface area contributed by atoms with Gasteiger partial charge in [0.2, 0.25) is 0 Å². The number of alkyl halides is 34. The van der Waals surface area contributed by atoms with Crippen molar-refractivity contribution in [1.82, 2.24) is 0 Å². The van der Waals surface area contributed by atoms with Crippen molar-refractivity contribution < 1.29 is 149 Å². The summed E-state index contributed by atoms with van der Waals surface area (Å²) in [5, 5.41) is 0. The molecule has 0 spiro atoms. The summed E-state index contributed by atoms with van der Waals surface area (Å²) >= 11 is -3.48. The van der Waals surface area contributed by atoms with Crippen LogP contribution >= 0.6 is 35.4 Å². The Labute approximate surface area is 351 Å². The average molecular weight is 1200 g/mol. The number of halogens is 37. The van der Waals surface area contributed by atoms with Gasteiger partial charge in [-0.25, -0.2) is 0 Å². The van der Waals surface area contributed by atoms with Gasteiger partial charge in [0.1, 0.15) is 0 Å². The Morgan fingerprint density at radius 1 is 0.308 bits per heavy atom. The quantitative estimate of drug-likeness (QED) is 0.0850. The van der Waals surface area contributed by atoms with E-state index in [1.807, 2.05) is 0 Å². The first-order chi connectivity index (χ1) is 28.0. The molecule has 1 rings (SSSR count). The molecule has 0 aliphatic heterocycles. The first-order valence-electron chi connectivity index (χ1n) is 15.6. The number of benzene rings is 1. The molecule has 1 aromatic carbocycles. The summed E-state index contributed by atoms with van der Waals surface area (Å²) < 4.78 is 460. The molecule has 1 aromatic rings. The van der Waals surface area contributed by atoms with Gasteiger partial charge < -0.3 is 0 Å². The van der Waals surface area contributed by atoms with E-state index in [1.165, 1.54) is 0 Å². The molecule has 0 N–H and O–H groups in total. The second-order valence-electron chi connectivity index (χ2n) is 13.1. The zero-order valence-electron chi connectivity index (χ0n) is 29.5. The van der Waals surface area contributed by atoms with E-state index in [2.05, 4.69) is 0 Å². The predicted octanol–water partition coefficient (Wildman–Crippen LogP) is 16.3. The zero-order valence-corrected chi connectivity index (χ0v) is 33.1. The van der Waals surface area contributed by atoms with Gasteiger partial charge in [-0.05, 0) is 0 Å². The molecule has 0 saturated heterocycles. The van der Waals surface area contributed by atoms with Crippen molar-refractivity contribution in [2.45, 2.75) is 134 Å². The Hall–Kier alpha value is -1.85. The van der Waals surface area contributed by atoms with Gasteiger partial charge in [-0.2, -0.15) is 70.2 Å². The van der Waals surface area contributed by atoms with Gasteiger partial charge in [-0.15, -0.1) is 0 Å². The zero-order chi connectivity index (χ0) is 52.7. The molecule has 0 aromatic heterocycles. The molecule has 0 atom stereocenters. The Bertz CT molecular complexity index is 1810. The summed E-state index contributed by atoms with van der Waals surface area (Å²) in [6.07, 6.45) is -29.2. The van der Waals surface area contributed by atoms with E-state index in [0.717, 1.165) is 0 Å². The Kier molecular flexibility index (Phi) is 16.5. The van der Waals surface area contributed by atoms with Crippen LogP contribution in [0.15, 0.2) is 18.2 Å². The number of hydrogen-bond acceptors (Lipinski definition) is 0. The SMILES string of the molecule is FC(F)(F)C(F)(F)C(F)(F)C(F)(F)C(F)(F)C(F)(F)C(F)(F)C(F)(F)CCCc1ccc(I(Cl)Cl)cc1CCCC(F)(F)C(F)(F)C(F)(F)C(F)(F)C(F)(F)C(F)(F)C(F)(F)C(F)(F)F. The van der Waals surface area contributed by atoms with Crippen LogP contribution in [0.2, 0.25) is 0 Å². The minimum absolute atomic E-state index is 0.383. The molecule has 0 unspecified atom stereocenters. The van der Waals surface area contributed by atoms with Crippen molar-refractivity contribution in [2.75, 3.05) is 0 Å². The minimum Gasteiger partial charge on any atom is -0.192 e. The van der Waals surface area contributed by atoms with Crippen LogP contribution in [0.4, 0.5) is 149 Å². The molecule has 0 amide bonds. The van der Waals surface area contributed by atoms with Crippen molar-refractivity contribution >= 4 is 35.4 Å². The molecule has 0 heterocycles. The molecule has 0 saturated carbocycles. The van der Waals surface area contributed by atoms with Crippen LogP contribution in [0.1, 0.15) is 36.8 Å². The van der Waals surface area contributed by atoms with Gasteiger partial charge in [0.15, 0.2) is 0 Å². The van der Waals surface area contributed by atoms with E-state index in [9.17, 15) is 149 Å². The fraction of sp³-hybridized carbons (Fsp3) is 0.786. The van der Waals surface area contributed by atoms with Crippen LogP contribution in [0, 0.1) is 3.57 Å². The van der Waals surface area contributed by atoms with E-state index < -0.39 is 162 Å². The van der Waals surface area contributed by atoms with Crippen LogP contribution in [-0.4, -0.2) is 95.3 Å². The minimum atomic E-state index is -8.97. The normalized spacial score (nSPS) is 16.3. The molecule has 0 bridgehead atoms. The van der Waals surface area contributed by atoms with E-state index in [1.54, 1.807) is 0 Å². The molecular weight excluding hydrogens is 1180 g/mol. The first-order valence-corrected chi connectivity index (χ1v) is 22.1. The van der Waals surface area contributed by atoms with Gasteiger partial charge >= 0.3 is 281 Å². The Morgan fingerprint density at radius 3 is 0.785 bits per heavy atom. The van der Waals surface area contributed by atoms with Crippen LogP contribution < -0.4 is 0 Å². The summed E-state index contributed by atoms with van der Waals surface area (Å²) in [7, 11) is 11.2. The van der Waals surface area contributed by atoms with Crippen molar-refractivity contribution in [2.24, 2.45) is 0 Å². The maximum atomic E-state index is 14.4. The molecule has 0 aliphatic carbocycles. The third-order valence-corrected chi connectivity index (χ3v) is 12.6. The van der Waals surface area contributed by atoms with E-state index in [0.29, 0.717) is 18.2 Å². The second-order valence-corrected chi connectivity index (χ2v) is 20.3. The van der Waals surface area contributed by atoms with E-state index in [-0.39, 0.29) is 3.57 Å². The fourth-order valence-corrected chi connectivity index (χ4v) is 7.12. The summed E-state index contributed by atoms with van der Waals surface area (Å²) in [4.78, 5) is 0. The average Bonchev–Trinajstić information content (AvgIpc) is 3.09. The smallest absolute Gasteiger partial charge is 0.192 e. The van der Waals surface area contributed by atoms with Crippen LogP contribution in [0.3, 0.4) is 0 Å². The standard InChI is InChI=1S/C28H15Cl2F34I/c29-65(30)12-6-5-10(3-1-7-13(31,32)15(35,36)17(39,40)19(43,44)21(47,48)23(51,52)25(55,56)27(59,60)61)11(9-12)4-2-8-14(33,34)16(37,38)18(41,42)20(45,46)22(49,50)24(53,54)26(57,58)28(62,63)64/h5-6,9H,1-4,7-8H2. The topological polar surface area (TPSA) is 0 Å². The van der Waals surface area contributed by atoms with Crippen LogP contribution in [0.5, 0.6) is 0 Å². The monoisotopic (exact) mass is 1190 g/mol. The molecule has 0 nitrogen and oxygen atoms in total. The molecule has 37 heteroatoms. The van der Waals surface area contributed by atoms with Gasteiger partial charge in [0.05, 0.1) is 0 Å². The third-order valence-electron chi connectivity index (χ3n) is 8.78. The molecule has 0 radical (unpaired) electrons. The van der Waals surface area contributed by atoms with Crippen LogP contribution in [-0.2, 0) is 12.8 Å². The van der Waals surface area contributed by atoms with E-state index in [4.69, 9.17) is 17.8 Å². The van der Waals surface area contributed by atoms with Gasteiger partial charge in [-0.3, -0.25) is 0 Å². The molecule has 0 fully saturated rings. The summed E-state index contributed by atoms with van der Waals surface area (Å²) in [5.41, 5.74) is -1.78. The summed E-state index contributed by atoms with van der Waals surface area (Å²) in [6.45, 7) is 0. The molecule has 65 heavy (non-hydrogen) atoms. The number of rotatable bonds is 21. The summed E-state index contributed by atoms with van der Waals surface area (Å²) in [6, 6.07) is 1.68. The van der Waals surface area contributed by atoms with Gasteiger partial charge in [0, 0.05) is 0 Å². The second kappa shape index (κ2) is 17.5. The van der Waals surface area contributed by atoms with E-state index >= 15 is 0 Å².